The van der Waals surface area contributed by atoms with Crippen molar-refractivity contribution in [3.05, 3.63) is 34.9 Å². The van der Waals surface area contributed by atoms with Crippen molar-refractivity contribution in [1.82, 2.24) is 0 Å². The molecule has 2 unspecified atom stereocenters. The monoisotopic (exact) mass is 308 g/mol. The Kier molecular flexibility index (Phi) is 4.20. The van der Waals surface area contributed by atoms with Crippen molar-refractivity contribution in [3.63, 3.8) is 0 Å². The van der Waals surface area contributed by atoms with E-state index in [0.29, 0.717) is 17.4 Å². The van der Waals surface area contributed by atoms with Crippen LogP contribution in [0.3, 0.4) is 0 Å². The zero-order valence-corrected chi connectivity index (χ0v) is 12.8. The molecule has 1 aromatic carbocycles. The number of hydrogen-bond donors (Lipinski definition) is 1. The predicted molar refractivity (Wildman–Crippen MR) is 79.9 cm³/mol. The number of carboxylic acids is 1. The van der Waals surface area contributed by atoms with Crippen LogP contribution in [0.5, 0.6) is 0 Å². The molecule has 2 nitrogen and oxygen atoms in total. The Bertz CT molecular complexity index is 547. The molecule has 3 rings (SSSR count). The smallest absolute Gasteiger partial charge is 0.341 e. The van der Waals surface area contributed by atoms with E-state index in [1.165, 1.54) is 37.8 Å². The van der Waals surface area contributed by atoms with Crippen LogP contribution in [-0.4, -0.2) is 11.1 Å². The highest BCUT2D eigenvalue weighted by Gasteiger charge is 2.41. The molecule has 22 heavy (non-hydrogen) atoms. The lowest BCUT2D eigenvalue weighted by Gasteiger charge is -2.15. The van der Waals surface area contributed by atoms with Crippen LogP contribution in [0.1, 0.15) is 67.3 Å². The molecule has 0 aliphatic heterocycles. The first-order valence-electron chi connectivity index (χ1n) is 8.21. The van der Waals surface area contributed by atoms with Gasteiger partial charge in [0.05, 0.1) is 0 Å². The Hall–Kier alpha value is -1.45. The number of aromatic carboxylic acids is 1. The third-order valence-electron chi connectivity index (χ3n) is 5.56. The zero-order valence-electron chi connectivity index (χ0n) is 12.8. The first-order chi connectivity index (χ1) is 10.5. The minimum atomic E-state index is -1.55. The van der Waals surface area contributed by atoms with Crippen molar-refractivity contribution < 1.29 is 18.7 Å². The molecule has 2 aliphatic carbocycles. The van der Waals surface area contributed by atoms with Gasteiger partial charge in [0.1, 0.15) is 17.2 Å². The molecule has 0 bridgehead atoms. The van der Waals surface area contributed by atoms with Crippen LogP contribution in [0.15, 0.2) is 12.1 Å². The number of fused-ring (bicyclic) bond motifs is 1. The van der Waals surface area contributed by atoms with E-state index in [-0.39, 0.29) is 5.92 Å². The van der Waals surface area contributed by atoms with Gasteiger partial charge in [0, 0.05) is 0 Å². The minimum Gasteiger partial charge on any atom is -0.477 e. The number of carbonyl (C=O) groups is 1. The molecule has 2 saturated carbocycles. The van der Waals surface area contributed by atoms with E-state index in [0.717, 1.165) is 18.8 Å². The molecule has 0 amide bonds. The van der Waals surface area contributed by atoms with Gasteiger partial charge in [0.15, 0.2) is 0 Å². The fourth-order valence-electron chi connectivity index (χ4n) is 4.69. The summed E-state index contributed by atoms with van der Waals surface area (Å²) in [5, 5.41) is 8.83. The summed E-state index contributed by atoms with van der Waals surface area (Å²) in [5.74, 6) is -1.12. The van der Waals surface area contributed by atoms with Gasteiger partial charge in [-0.2, -0.15) is 0 Å². The lowest BCUT2D eigenvalue weighted by Crippen LogP contribution is -2.07. The largest absolute Gasteiger partial charge is 0.477 e. The van der Waals surface area contributed by atoms with Gasteiger partial charge in [-0.25, -0.2) is 13.6 Å². The second-order valence-corrected chi connectivity index (χ2v) is 6.98. The van der Waals surface area contributed by atoms with Gasteiger partial charge < -0.3 is 5.11 Å². The predicted octanol–water partition coefficient (Wildman–Crippen LogP) is 4.98. The van der Waals surface area contributed by atoms with Crippen LogP contribution in [0, 0.1) is 29.4 Å². The molecule has 2 atom stereocenters. The molecule has 0 heterocycles. The lowest BCUT2D eigenvalue weighted by atomic mass is 9.90. The standard InChI is InChI=1S/C18H22F2O2/c1-2-3-10-4-11-6-13(7-12(11)5-10)14-8-15(19)17(18(21)22)16(20)9-14/h8-13H,2-7H2,1H3,(H,21,22). The number of benzene rings is 1. The molecule has 120 valence electrons. The van der Waals surface area contributed by atoms with Crippen molar-refractivity contribution in [2.45, 2.75) is 51.4 Å². The number of hydrogen-bond acceptors (Lipinski definition) is 1. The van der Waals surface area contributed by atoms with Gasteiger partial charge in [-0.05, 0) is 67.1 Å². The van der Waals surface area contributed by atoms with Crippen LogP contribution in [0.2, 0.25) is 0 Å². The summed E-state index contributed by atoms with van der Waals surface area (Å²) in [7, 11) is 0. The topological polar surface area (TPSA) is 37.3 Å². The van der Waals surface area contributed by atoms with Crippen LogP contribution in [-0.2, 0) is 0 Å². The summed E-state index contributed by atoms with van der Waals surface area (Å²) in [6.07, 6.45) is 6.96. The van der Waals surface area contributed by atoms with Gasteiger partial charge in [-0.15, -0.1) is 0 Å². The summed E-state index contributed by atoms with van der Waals surface area (Å²) in [5.41, 5.74) is -0.216. The van der Waals surface area contributed by atoms with Gasteiger partial charge >= 0.3 is 5.97 Å². The third-order valence-corrected chi connectivity index (χ3v) is 5.56. The van der Waals surface area contributed by atoms with E-state index in [9.17, 15) is 13.6 Å². The highest BCUT2D eigenvalue weighted by Crippen LogP contribution is 2.53. The van der Waals surface area contributed by atoms with Crippen LogP contribution in [0.4, 0.5) is 8.78 Å². The lowest BCUT2D eigenvalue weighted by molar-refractivity contribution is 0.0686. The Morgan fingerprint density at radius 2 is 1.68 bits per heavy atom. The second-order valence-electron chi connectivity index (χ2n) is 6.98. The van der Waals surface area contributed by atoms with Gasteiger partial charge in [-0.3, -0.25) is 0 Å². The van der Waals surface area contributed by atoms with Gasteiger partial charge in [0.25, 0.3) is 0 Å². The van der Waals surface area contributed by atoms with Crippen molar-refractivity contribution >= 4 is 5.97 Å². The van der Waals surface area contributed by atoms with Crippen LogP contribution >= 0.6 is 0 Å². The van der Waals surface area contributed by atoms with E-state index >= 15 is 0 Å². The molecule has 4 heteroatoms. The van der Waals surface area contributed by atoms with Crippen molar-refractivity contribution in [3.8, 4) is 0 Å². The first-order valence-corrected chi connectivity index (χ1v) is 8.21. The summed E-state index contributed by atoms with van der Waals surface area (Å²) in [6.45, 7) is 2.21. The van der Waals surface area contributed by atoms with Crippen LogP contribution in [0.25, 0.3) is 0 Å². The molecule has 0 saturated heterocycles. The van der Waals surface area contributed by atoms with Crippen LogP contribution < -0.4 is 0 Å². The summed E-state index contributed by atoms with van der Waals surface area (Å²) in [6, 6.07) is 2.45. The molecule has 1 N–H and O–H groups in total. The van der Waals surface area contributed by atoms with E-state index in [1.54, 1.807) is 0 Å². The van der Waals surface area contributed by atoms with Crippen molar-refractivity contribution in [2.75, 3.05) is 0 Å². The van der Waals surface area contributed by atoms with Crippen molar-refractivity contribution in [2.24, 2.45) is 17.8 Å². The number of halogens is 2. The second kappa shape index (κ2) is 5.98. The highest BCUT2D eigenvalue weighted by molar-refractivity contribution is 5.88. The van der Waals surface area contributed by atoms with E-state index in [2.05, 4.69) is 6.92 Å². The summed E-state index contributed by atoms with van der Waals surface area (Å²) in [4.78, 5) is 10.9. The van der Waals surface area contributed by atoms with Crippen molar-refractivity contribution in [1.29, 1.82) is 0 Å². The minimum absolute atomic E-state index is 0.171. The number of carboxylic acid groups (broad SMARTS) is 1. The number of rotatable bonds is 4. The Morgan fingerprint density at radius 1 is 1.14 bits per heavy atom. The molecular weight excluding hydrogens is 286 g/mol. The SMILES string of the molecule is CCCC1CC2CC(c3cc(F)c(C(=O)O)c(F)c3)CC2C1. The maximum atomic E-state index is 13.8. The molecular formula is C18H22F2O2. The first kappa shape index (κ1) is 15.4. The Morgan fingerprint density at radius 3 is 2.14 bits per heavy atom. The average molecular weight is 308 g/mol. The maximum absolute atomic E-state index is 13.8. The molecule has 0 spiro atoms. The maximum Gasteiger partial charge on any atom is 0.341 e. The normalized spacial score (nSPS) is 30.5. The average Bonchev–Trinajstić information content (AvgIpc) is 2.95. The summed E-state index contributed by atoms with van der Waals surface area (Å²) >= 11 is 0. The molecule has 0 radical (unpaired) electrons. The molecule has 2 fully saturated rings. The van der Waals surface area contributed by atoms with E-state index in [4.69, 9.17) is 5.11 Å². The zero-order chi connectivity index (χ0) is 15.9. The van der Waals surface area contributed by atoms with Gasteiger partial charge in [-0.1, -0.05) is 19.8 Å². The fourth-order valence-corrected chi connectivity index (χ4v) is 4.69. The molecule has 2 aliphatic rings. The quantitative estimate of drug-likeness (QED) is 0.851. The molecule has 0 aromatic heterocycles. The highest BCUT2D eigenvalue weighted by atomic mass is 19.1. The van der Waals surface area contributed by atoms with E-state index < -0.39 is 23.2 Å². The third kappa shape index (κ3) is 2.75. The Labute approximate surface area is 129 Å². The fraction of sp³-hybridized carbons (Fsp3) is 0.611. The van der Waals surface area contributed by atoms with Gasteiger partial charge in [0.2, 0.25) is 0 Å². The molecule has 1 aromatic rings. The van der Waals surface area contributed by atoms with E-state index in [1.807, 2.05) is 0 Å². The Balaban J connectivity index is 1.74. The summed E-state index contributed by atoms with van der Waals surface area (Å²) < 4.78 is 27.7.